The Bertz CT molecular complexity index is 1110. The van der Waals surface area contributed by atoms with Crippen molar-refractivity contribution < 1.29 is 17.2 Å². The van der Waals surface area contributed by atoms with Crippen LogP contribution in [0.3, 0.4) is 0 Å². The molecule has 0 N–H and O–H groups in total. The summed E-state index contributed by atoms with van der Waals surface area (Å²) in [5.74, 6) is -0.403. The van der Waals surface area contributed by atoms with E-state index in [9.17, 15) is 17.2 Å². The van der Waals surface area contributed by atoms with Crippen molar-refractivity contribution in [3.8, 4) is 5.82 Å². The van der Waals surface area contributed by atoms with E-state index in [0.717, 1.165) is 22.5 Å². The van der Waals surface area contributed by atoms with Gasteiger partial charge in [0.15, 0.2) is 10.7 Å². The molecule has 8 nitrogen and oxygen atoms in total. The monoisotopic (exact) mass is 420 g/mol. The van der Waals surface area contributed by atoms with Crippen molar-refractivity contribution >= 4 is 15.8 Å². The molecule has 1 aliphatic rings. The molecule has 0 atom stereocenters. The first kappa shape index (κ1) is 19.4. The lowest BCUT2D eigenvalue weighted by Gasteiger charge is -2.34. The zero-order valence-electron chi connectivity index (χ0n) is 15.5. The summed E-state index contributed by atoms with van der Waals surface area (Å²) >= 11 is 0. The molecule has 3 heterocycles. The molecule has 0 amide bonds. The topological polar surface area (TPSA) is 84.2 Å². The Morgan fingerprint density at radius 3 is 2.24 bits per heavy atom. The zero-order valence-corrected chi connectivity index (χ0v) is 16.4. The number of rotatable bonds is 4. The number of anilines is 1. The van der Waals surface area contributed by atoms with E-state index in [0.29, 0.717) is 30.5 Å². The van der Waals surface area contributed by atoms with E-state index in [4.69, 9.17) is 0 Å². The third kappa shape index (κ3) is 3.70. The van der Waals surface area contributed by atoms with Crippen LogP contribution in [0.1, 0.15) is 5.82 Å². The van der Waals surface area contributed by atoms with Crippen LogP contribution in [0.2, 0.25) is 0 Å². The Labute approximate surface area is 166 Å². The summed E-state index contributed by atoms with van der Waals surface area (Å²) in [7, 11) is -4.27. The fourth-order valence-corrected chi connectivity index (χ4v) is 4.77. The van der Waals surface area contributed by atoms with Crippen LogP contribution in [-0.2, 0) is 10.0 Å². The molecule has 152 valence electrons. The van der Waals surface area contributed by atoms with Crippen molar-refractivity contribution in [1.82, 2.24) is 24.1 Å². The van der Waals surface area contributed by atoms with Gasteiger partial charge in [-0.25, -0.2) is 31.8 Å². The van der Waals surface area contributed by atoms with Gasteiger partial charge >= 0.3 is 0 Å². The van der Waals surface area contributed by atoms with E-state index in [1.807, 2.05) is 4.90 Å². The molecule has 0 aliphatic carbocycles. The van der Waals surface area contributed by atoms with E-state index in [2.05, 4.69) is 15.1 Å². The van der Waals surface area contributed by atoms with Gasteiger partial charge in [0, 0.05) is 44.6 Å². The number of hydrogen-bond donors (Lipinski definition) is 0. The lowest BCUT2D eigenvalue weighted by Crippen LogP contribution is -2.49. The minimum atomic E-state index is -4.27. The van der Waals surface area contributed by atoms with Crippen molar-refractivity contribution in [2.75, 3.05) is 31.1 Å². The Kier molecular flexibility index (Phi) is 5.01. The third-order valence-electron chi connectivity index (χ3n) is 4.63. The maximum atomic E-state index is 14.0. The van der Waals surface area contributed by atoms with Crippen molar-refractivity contribution in [2.45, 2.75) is 11.8 Å². The highest BCUT2D eigenvalue weighted by atomic mass is 32.2. The van der Waals surface area contributed by atoms with Crippen molar-refractivity contribution in [3.63, 3.8) is 0 Å². The number of benzene rings is 1. The van der Waals surface area contributed by atoms with Crippen LogP contribution in [0.4, 0.5) is 14.6 Å². The van der Waals surface area contributed by atoms with Crippen LogP contribution in [0.5, 0.6) is 0 Å². The number of sulfonamides is 1. The van der Waals surface area contributed by atoms with Crippen LogP contribution < -0.4 is 4.90 Å². The van der Waals surface area contributed by atoms with Crippen LogP contribution in [0.25, 0.3) is 5.82 Å². The standard InChI is InChI=1S/C18H18F2N6O2S/c1-13-22-16(12-17(23-13)26-7-3-6-21-26)24-8-10-25(11-9-24)29(27,28)18-14(19)4-2-5-15(18)20/h2-7,12H,8-11H2,1H3. The lowest BCUT2D eigenvalue weighted by molar-refractivity contribution is 0.377. The SMILES string of the molecule is Cc1nc(N2CCN(S(=O)(=O)c3c(F)cccc3F)CC2)cc(-n2cccn2)n1. The summed E-state index contributed by atoms with van der Waals surface area (Å²) < 4.78 is 56.1. The second-order valence-corrected chi connectivity index (χ2v) is 8.40. The van der Waals surface area contributed by atoms with Gasteiger partial charge in [-0.3, -0.25) is 0 Å². The maximum Gasteiger partial charge on any atom is 0.249 e. The highest BCUT2D eigenvalue weighted by Crippen LogP contribution is 2.25. The number of hydrogen-bond acceptors (Lipinski definition) is 6. The second-order valence-electron chi connectivity index (χ2n) is 6.52. The molecule has 0 saturated carbocycles. The van der Waals surface area contributed by atoms with Crippen LogP contribution in [0.15, 0.2) is 47.6 Å². The molecule has 0 spiro atoms. The fourth-order valence-electron chi connectivity index (χ4n) is 3.24. The number of halogens is 2. The van der Waals surface area contributed by atoms with Gasteiger partial charge in [-0.05, 0) is 25.1 Å². The van der Waals surface area contributed by atoms with Gasteiger partial charge in [0.05, 0.1) is 0 Å². The van der Waals surface area contributed by atoms with E-state index in [1.165, 1.54) is 0 Å². The van der Waals surface area contributed by atoms with Crippen molar-refractivity contribution in [3.05, 3.63) is 60.2 Å². The number of nitrogens with zero attached hydrogens (tertiary/aromatic N) is 6. The van der Waals surface area contributed by atoms with Crippen LogP contribution >= 0.6 is 0 Å². The zero-order chi connectivity index (χ0) is 20.6. The van der Waals surface area contributed by atoms with Gasteiger partial charge in [0.1, 0.15) is 23.3 Å². The molecular weight excluding hydrogens is 402 g/mol. The Balaban J connectivity index is 1.54. The lowest BCUT2D eigenvalue weighted by atomic mass is 10.3. The average Bonchev–Trinajstić information content (AvgIpc) is 3.22. The first-order chi connectivity index (χ1) is 13.9. The molecule has 3 aromatic rings. The molecule has 0 unspecified atom stereocenters. The van der Waals surface area contributed by atoms with Crippen molar-refractivity contribution in [1.29, 1.82) is 0 Å². The van der Waals surface area contributed by atoms with Gasteiger partial charge in [-0.1, -0.05) is 6.07 Å². The first-order valence-electron chi connectivity index (χ1n) is 8.91. The number of piperazine rings is 1. The molecule has 0 radical (unpaired) electrons. The summed E-state index contributed by atoms with van der Waals surface area (Å²) in [6.07, 6.45) is 3.40. The second kappa shape index (κ2) is 7.48. The molecule has 29 heavy (non-hydrogen) atoms. The summed E-state index contributed by atoms with van der Waals surface area (Å²) in [4.78, 5) is 9.78. The Morgan fingerprint density at radius 1 is 0.966 bits per heavy atom. The third-order valence-corrected chi connectivity index (χ3v) is 6.58. The van der Waals surface area contributed by atoms with Gasteiger partial charge < -0.3 is 4.90 Å². The largest absolute Gasteiger partial charge is 0.354 e. The van der Waals surface area contributed by atoms with E-state index >= 15 is 0 Å². The van der Waals surface area contributed by atoms with Crippen molar-refractivity contribution in [2.24, 2.45) is 0 Å². The molecule has 1 aromatic carbocycles. The molecule has 0 bridgehead atoms. The molecule has 4 rings (SSSR count). The Hall–Kier alpha value is -2.92. The highest BCUT2D eigenvalue weighted by molar-refractivity contribution is 7.89. The maximum absolute atomic E-state index is 14.0. The number of aromatic nitrogens is 4. The number of aryl methyl sites for hydroxylation is 1. The minimum Gasteiger partial charge on any atom is -0.354 e. The van der Waals surface area contributed by atoms with Crippen LogP contribution in [-0.4, -0.2) is 58.7 Å². The van der Waals surface area contributed by atoms with Gasteiger partial charge in [-0.15, -0.1) is 0 Å². The van der Waals surface area contributed by atoms with Crippen LogP contribution in [0, 0.1) is 18.6 Å². The predicted octanol–water partition coefficient (Wildman–Crippen LogP) is 1.76. The summed E-state index contributed by atoms with van der Waals surface area (Å²) in [5.41, 5.74) is 0. The molecular formula is C18H18F2N6O2S. The molecule has 1 fully saturated rings. The molecule has 1 saturated heterocycles. The molecule has 1 aliphatic heterocycles. The smallest absolute Gasteiger partial charge is 0.249 e. The summed E-state index contributed by atoms with van der Waals surface area (Å²) in [5, 5.41) is 4.16. The summed E-state index contributed by atoms with van der Waals surface area (Å²) in [6, 6.07) is 6.55. The highest BCUT2D eigenvalue weighted by Gasteiger charge is 2.33. The fraction of sp³-hybridized carbons (Fsp3) is 0.278. The van der Waals surface area contributed by atoms with Gasteiger partial charge in [0.25, 0.3) is 0 Å². The molecule has 11 heteroatoms. The van der Waals surface area contributed by atoms with E-state index < -0.39 is 26.6 Å². The quantitative estimate of drug-likeness (QED) is 0.640. The van der Waals surface area contributed by atoms with E-state index in [-0.39, 0.29) is 13.1 Å². The van der Waals surface area contributed by atoms with Gasteiger partial charge in [-0.2, -0.15) is 9.40 Å². The minimum absolute atomic E-state index is 0.0796. The average molecular weight is 420 g/mol. The summed E-state index contributed by atoms with van der Waals surface area (Å²) in [6.45, 7) is 2.57. The molecule has 2 aromatic heterocycles. The van der Waals surface area contributed by atoms with E-state index in [1.54, 1.807) is 36.1 Å². The first-order valence-corrected chi connectivity index (χ1v) is 10.3. The normalized spacial score (nSPS) is 15.6. The predicted molar refractivity (Wildman–Crippen MR) is 101 cm³/mol. The van der Waals surface area contributed by atoms with Gasteiger partial charge in [0.2, 0.25) is 10.0 Å². The Morgan fingerprint density at radius 2 is 1.62 bits per heavy atom.